The van der Waals surface area contributed by atoms with E-state index in [4.69, 9.17) is 0 Å². The highest BCUT2D eigenvalue weighted by Crippen LogP contribution is 2.08. The minimum Gasteiger partial charge on any atom is -0.302 e. The molecule has 0 heterocycles. The van der Waals surface area contributed by atoms with E-state index in [0.29, 0.717) is 6.42 Å². The first-order valence-corrected chi connectivity index (χ1v) is 4.24. The van der Waals surface area contributed by atoms with Crippen LogP contribution in [0.3, 0.4) is 0 Å². The van der Waals surface area contributed by atoms with Crippen LogP contribution in [0.25, 0.3) is 0 Å². The number of carbonyl (C=O) groups is 1. The molecule has 1 nitrogen and oxygen atoms in total. The topological polar surface area (TPSA) is 17.1 Å². The minimum absolute atomic E-state index is 0.312. The van der Waals surface area contributed by atoms with Crippen molar-refractivity contribution < 1.29 is 4.79 Å². The molecule has 0 saturated carbocycles. The summed E-state index contributed by atoms with van der Waals surface area (Å²) in [5, 5.41) is 0. The Bertz CT molecular complexity index is 366. The molecule has 0 saturated heterocycles. The molecule has 0 bridgehead atoms. The quantitative estimate of drug-likeness (QED) is 0.469. The Morgan fingerprint density at radius 1 is 1.31 bits per heavy atom. The van der Waals surface area contributed by atoms with Crippen molar-refractivity contribution in [2.75, 3.05) is 0 Å². The lowest BCUT2D eigenvalue weighted by molar-refractivity contribution is -0.107. The van der Waals surface area contributed by atoms with Gasteiger partial charge in [0.25, 0.3) is 0 Å². The molecule has 0 aliphatic heterocycles. The summed E-state index contributed by atoms with van der Waals surface area (Å²) in [5.74, 6) is 5.71. The summed E-state index contributed by atoms with van der Waals surface area (Å²) in [5.41, 5.74) is 3.48. The minimum atomic E-state index is 0.312. The highest BCUT2D eigenvalue weighted by Gasteiger charge is 1.91. The molecule has 0 spiro atoms. The molecule has 0 atom stereocenters. The molecular weight excluding hydrogens is 160 g/mol. The summed E-state index contributed by atoms with van der Waals surface area (Å²) < 4.78 is 0. The highest BCUT2D eigenvalue weighted by molar-refractivity contribution is 5.55. The third-order valence-corrected chi connectivity index (χ3v) is 1.93. The normalized spacial score (nSPS) is 8.77. The Morgan fingerprint density at radius 2 is 2.08 bits per heavy atom. The Balaban J connectivity index is 2.87. The maximum absolute atomic E-state index is 10.0. The van der Waals surface area contributed by atoms with Gasteiger partial charge in [-0.25, -0.2) is 0 Å². The first kappa shape index (κ1) is 9.54. The fraction of sp³-hybridized carbons (Fsp3) is 0.250. The van der Waals surface area contributed by atoms with E-state index in [2.05, 4.69) is 25.7 Å². The lowest BCUT2D eigenvalue weighted by Crippen LogP contribution is -1.82. The Kier molecular flexibility index (Phi) is 3.28. The van der Waals surface area contributed by atoms with E-state index < -0.39 is 0 Å². The van der Waals surface area contributed by atoms with Gasteiger partial charge in [-0.15, -0.1) is 0 Å². The predicted molar refractivity (Wildman–Crippen MR) is 53.5 cm³/mol. The van der Waals surface area contributed by atoms with Crippen LogP contribution < -0.4 is 0 Å². The van der Waals surface area contributed by atoms with E-state index in [9.17, 15) is 4.79 Å². The molecular formula is C12H12O. The number of hydrogen-bond acceptors (Lipinski definition) is 1. The molecule has 0 aliphatic carbocycles. The summed E-state index contributed by atoms with van der Waals surface area (Å²) in [4.78, 5) is 10.0. The zero-order chi connectivity index (χ0) is 9.68. The van der Waals surface area contributed by atoms with Gasteiger partial charge in [0.15, 0.2) is 0 Å². The SMILES string of the molecule is Cc1ccc(C#CCC=O)cc1C. The Hall–Kier alpha value is -1.55. The molecule has 0 amide bonds. The van der Waals surface area contributed by atoms with Crippen molar-refractivity contribution >= 4 is 6.29 Å². The van der Waals surface area contributed by atoms with Crippen molar-refractivity contribution in [1.29, 1.82) is 0 Å². The van der Waals surface area contributed by atoms with Crippen LogP contribution in [0, 0.1) is 25.7 Å². The summed E-state index contributed by atoms with van der Waals surface area (Å²) in [6, 6.07) is 6.05. The van der Waals surface area contributed by atoms with Crippen molar-refractivity contribution in [3.63, 3.8) is 0 Å². The van der Waals surface area contributed by atoms with Gasteiger partial charge in [-0.1, -0.05) is 17.9 Å². The number of hydrogen-bond donors (Lipinski definition) is 0. The second kappa shape index (κ2) is 4.47. The average molecular weight is 172 g/mol. The van der Waals surface area contributed by atoms with Gasteiger partial charge in [0.1, 0.15) is 6.29 Å². The van der Waals surface area contributed by atoms with Crippen LogP contribution in [0.15, 0.2) is 18.2 Å². The first-order valence-electron chi connectivity index (χ1n) is 4.24. The second-order valence-electron chi connectivity index (χ2n) is 2.97. The molecule has 0 unspecified atom stereocenters. The lowest BCUT2D eigenvalue weighted by atomic mass is 10.1. The van der Waals surface area contributed by atoms with E-state index in [1.165, 1.54) is 11.1 Å². The average Bonchev–Trinajstić information content (AvgIpc) is 2.12. The van der Waals surface area contributed by atoms with Gasteiger partial charge in [-0.2, -0.15) is 0 Å². The van der Waals surface area contributed by atoms with Gasteiger partial charge in [0.2, 0.25) is 0 Å². The van der Waals surface area contributed by atoms with Crippen LogP contribution in [-0.4, -0.2) is 6.29 Å². The van der Waals surface area contributed by atoms with Gasteiger partial charge in [0.05, 0.1) is 6.42 Å². The van der Waals surface area contributed by atoms with Crippen LogP contribution in [0.4, 0.5) is 0 Å². The molecule has 1 heteroatoms. The number of carbonyl (C=O) groups excluding carboxylic acids is 1. The number of benzene rings is 1. The summed E-state index contributed by atoms with van der Waals surface area (Å²) >= 11 is 0. The van der Waals surface area contributed by atoms with Crippen molar-refractivity contribution in [3.8, 4) is 11.8 Å². The first-order chi connectivity index (χ1) is 6.24. The third kappa shape index (κ3) is 2.76. The van der Waals surface area contributed by atoms with Crippen molar-refractivity contribution in [2.24, 2.45) is 0 Å². The lowest BCUT2D eigenvalue weighted by Gasteiger charge is -1.98. The highest BCUT2D eigenvalue weighted by atomic mass is 16.1. The number of aryl methyl sites for hydroxylation is 2. The summed E-state index contributed by atoms with van der Waals surface area (Å²) in [6.45, 7) is 4.12. The van der Waals surface area contributed by atoms with Crippen molar-refractivity contribution in [3.05, 3.63) is 34.9 Å². The molecule has 1 aromatic rings. The number of aldehydes is 1. The van der Waals surface area contributed by atoms with Crippen molar-refractivity contribution in [2.45, 2.75) is 20.3 Å². The van der Waals surface area contributed by atoms with E-state index in [1.54, 1.807) is 0 Å². The standard InChI is InChI=1S/C12H12O/c1-10-6-7-12(9-11(10)2)5-3-4-8-13/h6-9H,4H2,1-2H3. The van der Waals surface area contributed by atoms with Gasteiger partial charge >= 0.3 is 0 Å². The van der Waals surface area contributed by atoms with Crippen molar-refractivity contribution in [1.82, 2.24) is 0 Å². The smallest absolute Gasteiger partial charge is 0.131 e. The fourth-order valence-corrected chi connectivity index (χ4v) is 1.01. The molecule has 0 aromatic heterocycles. The zero-order valence-corrected chi connectivity index (χ0v) is 7.92. The van der Waals surface area contributed by atoms with Gasteiger partial charge < -0.3 is 4.79 Å². The van der Waals surface area contributed by atoms with Crippen LogP contribution in [0.5, 0.6) is 0 Å². The largest absolute Gasteiger partial charge is 0.302 e. The van der Waals surface area contributed by atoms with Gasteiger partial charge in [-0.3, -0.25) is 0 Å². The second-order valence-corrected chi connectivity index (χ2v) is 2.97. The Morgan fingerprint density at radius 3 is 2.69 bits per heavy atom. The molecule has 0 radical (unpaired) electrons. The van der Waals surface area contributed by atoms with Crippen LogP contribution in [0.2, 0.25) is 0 Å². The summed E-state index contributed by atoms with van der Waals surface area (Å²) in [7, 11) is 0. The molecule has 13 heavy (non-hydrogen) atoms. The van der Waals surface area contributed by atoms with Crippen LogP contribution in [-0.2, 0) is 4.79 Å². The van der Waals surface area contributed by atoms with Gasteiger partial charge in [0, 0.05) is 5.56 Å². The molecule has 66 valence electrons. The van der Waals surface area contributed by atoms with Crippen LogP contribution in [0.1, 0.15) is 23.1 Å². The molecule has 1 aromatic carbocycles. The fourth-order valence-electron chi connectivity index (χ4n) is 1.01. The van der Waals surface area contributed by atoms with E-state index in [1.807, 2.05) is 18.2 Å². The summed E-state index contributed by atoms with van der Waals surface area (Å²) in [6.07, 6.45) is 1.13. The maximum Gasteiger partial charge on any atom is 0.131 e. The molecule has 0 N–H and O–H groups in total. The third-order valence-electron chi connectivity index (χ3n) is 1.93. The predicted octanol–water partition coefficient (Wildman–Crippen LogP) is 2.24. The van der Waals surface area contributed by atoms with Gasteiger partial charge in [-0.05, 0) is 37.1 Å². The maximum atomic E-state index is 10.0. The monoisotopic (exact) mass is 172 g/mol. The Labute approximate surface area is 78.8 Å². The molecule has 1 rings (SSSR count). The van der Waals surface area contributed by atoms with E-state index in [0.717, 1.165) is 11.8 Å². The van der Waals surface area contributed by atoms with E-state index >= 15 is 0 Å². The molecule has 0 fully saturated rings. The zero-order valence-electron chi connectivity index (χ0n) is 7.92. The van der Waals surface area contributed by atoms with E-state index in [-0.39, 0.29) is 0 Å². The number of rotatable bonds is 1. The van der Waals surface area contributed by atoms with Crippen LogP contribution >= 0.6 is 0 Å². The molecule has 0 aliphatic rings.